The summed E-state index contributed by atoms with van der Waals surface area (Å²) in [5.41, 5.74) is 0.182. The number of rotatable bonds is 5. The van der Waals surface area contributed by atoms with E-state index in [1.807, 2.05) is 13.0 Å². The second-order valence-electron chi connectivity index (χ2n) is 8.14. The monoisotopic (exact) mass is 453 g/mol. The topological polar surface area (TPSA) is 93.5 Å². The minimum absolute atomic E-state index is 0.0697. The van der Waals surface area contributed by atoms with Crippen molar-refractivity contribution >= 4 is 17.0 Å². The van der Waals surface area contributed by atoms with E-state index >= 15 is 0 Å². The number of anilines is 1. The van der Waals surface area contributed by atoms with Crippen molar-refractivity contribution in [3.8, 4) is 29.7 Å². The van der Waals surface area contributed by atoms with E-state index in [0.29, 0.717) is 24.0 Å². The van der Waals surface area contributed by atoms with Crippen LogP contribution in [0.4, 0.5) is 19.1 Å². The standard InChI is InChI=1S/C23H22F3N7/c1-3-6-33-7-4-15(5-8-33)14(2)31-22-30-11-16(10-27)20(32-22)19-13-29-21-18(19)9-17(12-28-21)23(24,25)26/h1,9,11-15H,4-8H2,2H3,(H,28,29)(H,30,31,32). The number of nitrogens with zero attached hydrogens (tertiary/aromatic N) is 5. The van der Waals surface area contributed by atoms with E-state index in [4.69, 9.17) is 6.42 Å². The molecule has 7 nitrogen and oxygen atoms in total. The van der Waals surface area contributed by atoms with Gasteiger partial charge in [-0.3, -0.25) is 4.90 Å². The van der Waals surface area contributed by atoms with Crippen LogP contribution in [0.5, 0.6) is 0 Å². The van der Waals surface area contributed by atoms with Crippen molar-refractivity contribution in [1.29, 1.82) is 5.26 Å². The van der Waals surface area contributed by atoms with Gasteiger partial charge in [0.1, 0.15) is 11.7 Å². The van der Waals surface area contributed by atoms with Gasteiger partial charge in [-0.05, 0) is 44.8 Å². The Morgan fingerprint density at radius 3 is 2.73 bits per heavy atom. The predicted octanol–water partition coefficient (Wildman–Crippen LogP) is 4.06. The number of hydrogen-bond acceptors (Lipinski definition) is 6. The van der Waals surface area contributed by atoms with Crippen molar-refractivity contribution in [3.05, 3.63) is 35.8 Å². The van der Waals surface area contributed by atoms with Gasteiger partial charge < -0.3 is 10.3 Å². The van der Waals surface area contributed by atoms with Crippen molar-refractivity contribution in [2.24, 2.45) is 5.92 Å². The van der Waals surface area contributed by atoms with Crippen LogP contribution < -0.4 is 5.32 Å². The third kappa shape index (κ3) is 4.76. The molecule has 1 unspecified atom stereocenters. The van der Waals surface area contributed by atoms with Gasteiger partial charge in [0, 0.05) is 29.4 Å². The van der Waals surface area contributed by atoms with Crippen molar-refractivity contribution in [2.45, 2.75) is 32.0 Å². The van der Waals surface area contributed by atoms with Gasteiger partial charge in [-0.25, -0.2) is 15.0 Å². The van der Waals surface area contributed by atoms with Crippen LogP contribution in [-0.2, 0) is 6.18 Å². The molecule has 1 atom stereocenters. The first-order chi connectivity index (χ1) is 15.8. The summed E-state index contributed by atoms with van der Waals surface area (Å²) in [5, 5.41) is 13.1. The molecule has 4 rings (SSSR count). The number of aromatic nitrogens is 4. The number of aromatic amines is 1. The molecular formula is C23H22F3N7. The summed E-state index contributed by atoms with van der Waals surface area (Å²) in [5.74, 6) is 3.38. The molecule has 0 amide bonds. The molecule has 1 saturated heterocycles. The summed E-state index contributed by atoms with van der Waals surface area (Å²) >= 11 is 0. The number of likely N-dealkylation sites (tertiary alicyclic amines) is 1. The summed E-state index contributed by atoms with van der Waals surface area (Å²) in [4.78, 5) is 17.7. The first kappa shape index (κ1) is 22.6. The fourth-order valence-electron chi connectivity index (χ4n) is 4.15. The predicted molar refractivity (Wildman–Crippen MR) is 118 cm³/mol. The Balaban J connectivity index is 1.61. The van der Waals surface area contributed by atoms with E-state index in [1.165, 1.54) is 12.4 Å². The normalized spacial score (nSPS) is 16.3. The average Bonchev–Trinajstić information content (AvgIpc) is 3.22. The van der Waals surface area contributed by atoms with Crippen LogP contribution in [0.3, 0.4) is 0 Å². The zero-order valence-corrected chi connectivity index (χ0v) is 17.9. The summed E-state index contributed by atoms with van der Waals surface area (Å²) in [6.45, 7) is 4.54. The molecule has 0 saturated carbocycles. The largest absolute Gasteiger partial charge is 0.417 e. The van der Waals surface area contributed by atoms with Crippen molar-refractivity contribution in [2.75, 3.05) is 25.0 Å². The molecule has 1 fully saturated rings. The number of nitrogens with one attached hydrogen (secondary N) is 2. The van der Waals surface area contributed by atoms with Gasteiger partial charge in [-0.15, -0.1) is 6.42 Å². The number of terminal acetylenes is 1. The molecule has 4 heterocycles. The number of piperidine rings is 1. The highest BCUT2D eigenvalue weighted by atomic mass is 19.4. The zero-order valence-electron chi connectivity index (χ0n) is 17.9. The Morgan fingerprint density at radius 1 is 1.30 bits per heavy atom. The average molecular weight is 453 g/mol. The van der Waals surface area contributed by atoms with Gasteiger partial charge >= 0.3 is 6.18 Å². The lowest BCUT2D eigenvalue weighted by molar-refractivity contribution is -0.137. The number of H-pyrrole nitrogens is 1. The first-order valence-electron chi connectivity index (χ1n) is 10.5. The van der Waals surface area contributed by atoms with Crippen LogP contribution >= 0.6 is 0 Å². The van der Waals surface area contributed by atoms with Crippen LogP contribution in [0.25, 0.3) is 22.3 Å². The van der Waals surface area contributed by atoms with Crippen molar-refractivity contribution < 1.29 is 13.2 Å². The SMILES string of the molecule is C#CCN1CCC(C(C)Nc2ncc(C#N)c(-c3c[nH]c4ncc(C(F)(F)F)cc34)n2)CC1. The smallest absolute Gasteiger partial charge is 0.351 e. The highest BCUT2D eigenvalue weighted by molar-refractivity contribution is 5.94. The zero-order chi connectivity index (χ0) is 23.6. The maximum atomic E-state index is 13.2. The Labute approximate surface area is 189 Å². The lowest BCUT2D eigenvalue weighted by atomic mass is 9.90. The minimum Gasteiger partial charge on any atom is -0.351 e. The maximum absolute atomic E-state index is 13.2. The van der Waals surface area contributed by atoms with Gasteiger partial charge in [-0.1, -0.05) is 5.92 Å². The van der Waals surface area contributed by atoms with Crippen LogP contribution in [-0.4, -0.2) is 50.5 Å². The number of fused-ring (bicyclic) bond motifs is 1. The van der Waals surface area contributed by atoms with Crippen LogP contribution in [0.1, 0.15) is 30.9 Å². The number of nitriles is 1. The Morgan fingerprint density at radius 2 is 2.06 bits per heavy atom. The van der Waals surface area contributed by atoms with E-state index in [2.05, 4.69) is 36.1 Å². The highest BCUT2D eigenvalue weighted by Crippen LogP contribution is 2.35. The quantitative estimate of drug-likeness (QED) is 0.566. The molecule has 33 heavy (non-hydrogen) atoms. The van der Waals surface area contributed by atoms with Crippen molar-refractivity contribution in [3.63, 3.8) is 0 Å². The fourth-order valence-corrected chi connectivity index (χ4v) is 4.15. The molecule has 0 aliphatic carbocycles. The molecule has 0 bridgehead atoms. The molecule has 1 aliphatic rings. The molecule has 3 aromatic heterocycles. The second-order valence-corrected chi connectivity index (χ2v) is 8.14. The van der Waals surface area contributed by atoms with Crippen LogP contribution in [0.2, 0.25) is 0 Å². The number of pyridine rings is 1. The molecule has 0 spiro atoms. The third-order valence-electron chi connectivity index (χ3n) is 6.03. The van der Waals surface area contributed by atoms with E-state index in [1.54, 1.807) is 0 Å². The molecule has 2 N–H and O–H groups in total. The number of alkyl halides is 3. The molecule has 1 aliphatic heterocycles. The molecular weight excluding hydrogens is 431 g/mol. The minimum atomic E-state index is -4.53. The summed E-state index contributed by atoms with van der Waals surface area (Å²) in [7, 11) is 0. The van der Waals surface area contributed by atoms with Gasteiger partial charge in [0.25, 0.3) is 0 Å². The second kappa shape index (κ2) is 9.08. The van der Waals surface area contributed by atoms with E-state index in [-0.39, 0.29) is 28.3 Å². The molecule has 10 heteroatoms. The molecule has 0 radical (unpaired) electrons. The van der Waals surface area contributed by atoms with Crippen LogP contribution in [0, 0.1) is 29.6 Å². The number of halogens is 3. The fraction of sp³-hybridized carbons (Fsp3) is 0.391. The highest BCUT2D eigenvalue weighted by Gasteiger charge is 2.32. The Bertz CT molecular complexity index is 1230. The summed E-state index contributed by atoms with van der Waals surface area (Å²) < 4.78 is 39.6. The van der Waals surface area contributed by atoms with Gasteiger partial charge in [0.15, 0.2) is 0 Å². The van der Waals surface area contributed by atoms with E-state index < -0.39 is 11.7 Å². The Kier molecular flexibility index (Phi) is 6.21. The van der Waals surface area contributed by atoms with Crippen LogP contribution in [0.15, 0.2) is 24.7 Å². The lowest BCUT2D eigenvalue weighted by Gasteiger charge is -2.34. The molecule has 0 aromatic carbocycles. The lowest BCUT2D eigenvalue weighted by Crippen LogP contribution is -2.39. The molecule has 3 aromatic rings. The number of hydrogen-bond donors (Lipinski definition) is 2. The third-order valence-corrected chi connectivity index (χ3v) is 6.03. The van der Waals surface area contributed by atoms with Gasteiger partial charge in [0.05, 0.1) is 29.6 Å². The van der Waals surface area contributed by atoms with E-state index in [9.17, 15) is 18.4 Å². The van der Waals surface area contributed by atoms with E-state index in [0.717, 1.165) is 38.2 Å². The summed E-state index contributed by atoms with van der Waals surface area (Å²) in [6, 6.07) is 3.10. The van der Waals surface area contributed by atoms with Crippen molar-refractivity contribution in [1.82, 2.24) is 24.8 Å². The first-order valence-corrected chi connectivity index (χ1v) is 10.5. The summed E-state index contributed by atoms with van der Waals surface area (Å²) in [6.07, 6.45) is 6.49. The Hall–Kier alpha value is -3.63. The maximum Gasteiger partial charge on any atom is 0.417 e. The van der Waals surface area contributed by atoms with Gasteiger partial charge in [0.2, 0.25) is 5.95 Å². The molecule has 170 valence electrons. The van der Waals surface area contributed by atoms with Gasteiger partial charge in [-0.2, -0.15) is 18.4 Å².